The smallest absolute Gasteiger partial charge is 0.234 e. The molecular formula is C28H35N5O. The summed E-state index contributed by atoms with van der Waals surface area (Å²) in [5.74, 6) is 2.25. The third-order valence-electron chi connectivity index (χ3n) is 6.26. The third-order valence-corrected chi connectivity index (χ3v) is 6.26. The van der Waals surface area contributed by atoms with E-state index < -0.39 is 0 Å². The average Bonchev–Trinajstić information content (AvgIpc) is 2.85. The summed E-state index contributed by atoms with van der Waals surface area (Å²) in [4.78, 5) is 26.9. The topological polar surface area (TPSA) is 61.4 Å². The van der Waals surface area contributed by atoms with E-state index in [-0.39, 0.29) is 11.9 Å². The summed E-state index contributed by atoms with van der Waals surface area (Å²) in [6.45, 7) is 10.1. The van der Waals surface area contributed by atoms with Gasteiger partial charge in [0.15, 0.2) is 0 Å². The van der Waals surface area contributed by atoms with Gasteiger partial charge in [0, 0.05) is 43.9 Å². The number of rotatable bonds is 8. The summed E-state index contributed by atoms with van der Waals surface area (Å²) in [5, 5.41) is 3.28. The van der Waals surface area contributed by atoms with E-state index in [2.05, 4.69) is 64.3 Å². The van der Waals surface area contributed by atoms with Gasteiger partial charge in [0.1, 0.15) is 11.6 Å². The SMILES string of the molecule is Cc1cc(N2CCN(CC(=O)NC(Cc3ccccc3)c3ccccc3)CC2)nc(C(C)C)n1. The molecule has 1 aliphatic heterocycles. The molecule has 1 unspecified atom stereocenters. The minimum Gasteiger partial charge on any atom is -0.354 e. The number of aryl methyl sites for hydroxylation is 1. The maximum absolute atomic E-state index is 13.0. The molecule has 3 aromatic rings. The van der Waals surface area contributed by atoms with Gasteiger partial charge in [0.05, 0.1) is 12.6 Å². The minimum absolute atomic E-state index is 0.0455. The van der Waals surface area contributed by atoms with Crippen LogP contribution in [-0.2, 0) is 11.2 Å². The number of aromatic nitrogens is 2. The fourth-order valence-corrected chi connectivity index (χ4v) is 4.36. The van der Waals surface area contributed by atoms with Crippen molar-refractivity contribution in [1.82, 2.24) is 20.2 Å². The average molecular weight is 458 g/mol. The van der Waals surface area contributed by atoms with Gasteiger partial charge in [-0.25, -0.2) is 9.97 Å². The molecule has 1 saturated heterocycles. The second kappa shape index (κ2) is 11.3. The first-order valence-electron chi connectivity index (χ1n) is 12.2. The monoisotopic (exact) mass is 457 g/mol. The van der Waals surface area contributed by atoms with Crippen LogP contribution in [0.25, 0.3) is 0 Å². The quantitative estimate of drug-likeness (QED) is 0.551. The van der Waals surface area contributed by atoms with Crippen LogP contribution in [0.2, 0.25) is 0 Å². The van der Waals surface area contributed by atoms with Gasteiger partial charge in [-0.05, 0) is 24.5 Å². The van der Waals surface area contributed by atoms with Crippen molar-refractivity contribution in [2.45, 2.75) is 39.2 Å². The van der Waals surface area contributed by atoms with Crippen molar-refractivity contribution in [2.75, 3.05) is 37.6 Å². The van der Waals surface area contributed by atoms with Gasteiger partial charge in [-0.15, -0.1) is 0 Å². The highest BCUT2D eigenvalue weighted by Crippen LogP contribution is 2.20. The van der Waals surface area contributed by atoms with E-state index in [1.807, 2.05) is 43.3 Å². The van der Waals surface area contributed by atoms with Crippen LogP contribution in [0.15, 0.2) is 66.7 Å². The highest BCUT2D eigenvalue weighted by Gasteiger charge is 2.22. The molecule has 4 rings (SSSR count). The summed E-state index contributed by atoms with van der Waals surface area (Å²) in [7, 11) is 0. The van der Waals surface area contributed by atoms with Crippen molar-refractivity contribution in [1.29, 1.82) is 0 Å². The molecule has 1 atom stereocenters. The van der Waals surface area contributed by atoms with Crippen molar-refractivity contribution in [2.24, 2.45) is 0 Å². The number of nitrogens with one attached hydrogen (secondary N) is 1. The van der Waals surface area contributed by atoms with E-state index in [9.17, 15) is 4.79 Å². The Hall–Kier alpha value is -3.25. The molecule has 1 N–H and O–H groups in total. The van der Waals surface area contributed by atoms with E-state index >= 15 is 0 Å². The van der Waals surface area contributed by atoms with Crippen molar-refractivity contribution in [3.8, 4) is 0 Å². The number of carbonyl (C=O) groups excluding carboxylic acids is 1. The lowest BCUT2D eigenvalue weighted by atomic mass is 9.99. The van der Waals surface area contributed by atoms with Crippen LogP contribution < -0.4 is 10.2 Å². The number of amides is 1. The Balaban J connectivity index is 1.34. The van der Waals surface area contributed by atoms with Crippen LogP contribution in [0.1, 0.15) is 48.5 Å². The zero-order valence-corrected chi connectivity index (χ0v) is 20.4. The first kappa shape index (κ1) is 23.9. The normalized spacial score (nSPS) is 15.4. The lowest BCUT2D eigenvalue weighted by molar-refractivity contribution is -0.123. The Bertz CT molecular complexity index is 1060. The molecule has 2 heterocycles. The van der Waals surface area contributed by atoms with Gasteiger partial charge in [-0.2, -0.15) is 0 Å². The standard InChI is InChI=1S/C28H35N5O/c1-21(2)28-29-22(3)18-26(31-28)33-16-14-32(15-17-33)20-27(34)30-25(24-12-8-5-9-13-24)19-23-10-6-4-7-11-23/h4-13,18,21,25H,14-17,19-20H2,1-3H3,(H,30,34). The third kappa shape index (κ3) is 6.41. The maximum atomic E-state index is 13.0. The Labute approximate surface area is 203 Å². The lowest BCUT2D eigenvalue weighted by Gasteiger charge is -2.35. The summed E-state index contributed by atoms with van der Waals surface area (Å²) in [5.41, 5.74) is 3.34. The lowest BCUT2D eigenvalue weighted by Crippen LogP contribution is -2.50. The summed E-state index contributed by atoms with van der Waals surface area (Å²) >= 11 is 0. The largest absolute Gasteiger partial charge is 0.354 e. The van der Waals surface area contributed by atoms with Crippen molar-refractivity contribution >= 4 is 11.7 Å². The van der Waals surface area contributed by atoms with Gasteiger partial charge in [0.25, 0.3) is 0 Å². The zero-order valence-electron chi connectivity index (χ0n) is 20.4. The van der Waals surface area contributed by atoms with E-state index in [1.165, 1.54) is 5.56 Å². The van der Waals surface area contributed by atoms with E-state index in [4.69, 9.17) is 4.98 Å². The van der Waals surface area contributed by atoms with E-state index in [0.717, 1.165) is 55.5 Å². The second-order valence-corrected chi connectivity index (χ2v) is 9.36. The van der Waals surface area contributed by atoms with Gasteiger partial charge >= 0.3 is 0 Å². The molecule has 178 valence electrons. The molecule has 0 aliphatic carbocycles. The number of nitrogens with zero attached hydrogens (tertiary/aromatic N) is 4. The molecule has 6 heteroatoms. The van der Waals surface area contributed by atoms with Gasteiger partial charge in [-0.1, -0.05) is 74.5 Å². The van der Waals surface area contributed by atoms with Crippen molar-refractivity contribution in [3.05, 3.63) is 89.4 Å². The second-order valence-electron chi connectivity index (χ2n) is 9.36. The highest BCUT2D eigenvalue weighted by molar-refractivity contribution is 5.78. The first-order chi connectivity index (χ1) is 16.5. The van der Waals surface area contributed by atoms with Crippen molar-refractivity contribution < 1.29 is 4.79 Å². The molecule has 1 fully saturated rings. The Kier molecular flexibility index (Phi) is 7.91. The minimum atomic E-state index is -0.0455. The highest BCUT2D eigenvalue weighted by atomic mass is 16.2. The van der Waals surface area contributed by atoms with Gasteiger partial charge < -0.3 is 10.2 Å². The summed E-state index contributed by atoms with van der Waals surface area (Å²) in [6.07, 6.45) is 0.773. The fraction of sp³-hybridized carbons (Fsp3) is 0.393. The maximum Gasteiger partial charge on any atom is 0.234 e. The van der Waals surface area contributed by atoms with Gasteiger partial charge in [-0.3, -0.25) is 9.69 Å². The summed E-state index contributed by atoms with van der Waals surface area (Å²) in [6, 6.07) is 22.6. The number of benzene rings is 2. The zero-order chi connectivity index (χ0) is 23.9. The van der Waals surface area contributed by atoms with Crippen LogP contribution >= 0.6 is 0 Å². The fourth-order valence-electron chi connectivity index (χ4n) is 4.36. The molecule has 2 aromatic carbocycles. The molecule has 0 saturated carbocycles. The molecule has 1 amide bonds. The van der Waals surface area contributed by atoms with Crippen LogP contribution in [0.3, 0.4) is 0 Å². The molecule has 1 aromatic heterocycles. The number of hydrogen-bond donors (Lipinski definition) is 1. The number of piperazine rings is 1. The molecule has 6 nitrogen and oxygen atoms in total. The van der Waals surface area contributed by atoms with E-state index in [1.54, 1.807) is 0 Å². The Morgan fingerprint density at radius 3 is 2.24 bits per heavy atom. The predicted octanol–water partition coefficient (Wildman–Crippen LogP) is 4.13. The van der Waals surface area contributed by atoms with Crippen LogP contribution in [-0.4, -0.2) is 53.5 Å². The molecule has 0 spiro atoms. The summed E-state index contributed by atoms with van der Waals surface area (Å²) < 4.78 is 0. The Morgan fingerprint density at radius 2 is 1.59 bits per heavy atom. The molecule has 0 bridgehead atoms. The predicted molar refractivity (Wildman–Crippen MR) is 137 cm³/mol. The van der Waals surface area contributed by atoms with Crippen LogP contribution in [0.5, 0.6) is 0 Å². The van der Waals surface area contributed by atoms with Gasteiger partial charge in [0.2, 0.25) is 5.91 Å². The van der Waals surface area contributed by atoms with Crippen molar-refractivity contribution in [3.63, 3.8) is 0 Å². The number of carbonyl (C=O) groups is 1. The Morgan fingerprint density at radius 1 is 0.941 bits per heavy atom. The molecule has 34 heavy (non-hydrogen) atoms. The number of hydrogen-bond acceptors (Lipinski definition) is 5. The molecular weight excluding hydrogens is 422 g/mol. The molecule has 0 radical (unpaired) electrons. The first-order valence-corrected chi connectivity index (χ1v) is 12.2. The van der Waals surface area contributed by atoms with Crippen LogP contribution in [0.4, 0.5) is 5.82 Å². The van der Waals surface area contributed by atoms with Crippen LogP contribution in [0, 0.1) is 6.92 Å². The molecule has 1 aliphatic rings. The van der Waals surface area contributed by atoms with E-state index in [0.29, 0.717) is 12.5 Å². The number of anilines is 1.